The van der Waals surface area contributed by atoms with E-state index < -0.39 is 0 Å². The standard InChI is InChI=1S/C16H18N4O/c21-16(20-15-9-10-4-5-13(15)18-10)14-7-6-12(19-14)11-3-1-2-8-17-11/h1-3,6-8,10,13,15,18-19H,4-5,9H2,(H,20,21)/t10-,13+,15-/m1/s1. The highest BCUT2D eigenvalue weighted by Gasteiger charge is 2.39. The van der Waals surface area contributed by atoms with Gasteiger partial charge >= 0.3 is 0 Å². The lowest BCUT2D eigenvalue weighted by Gasteiger charge is -2.21. The number of carbonyl (C=O) groups is 1. The highest BCUT2D eigenvalue weighted by atomic mass is 16.2. The summed E-state index contributed by atoms with van der Waals surface area (Å²) < 4.78 is 0. The van der Waals surface area contributed by atoms with Gasteiger partial charge in [0.1, 0.15) is 5.69 Å². The number of nitrogens with zero attached hydrogens (tertiary/aromatic N) is 1. The zero-order valence-corrected chi connectivity index (χ0v) is 11.7. The summed E-state index contributed by atoms with van der Waals surface area (Å²) in [5, 5.41) is 6.67. The van der Waals surface area contributed by atoms with Gasteiger partial charge in [-0.1, -0.05) is 6.07 Å². The summed E-state index contributed by atoms with van der Waals surface area (Å²) in [4.78, 5) is 19.8. The molecule has 3 atom stereocenters. The molecule has 2 aliphatic rings. The molecule has 108 valence electrons. The normalized spacial score (nSPS) is 27.0. The molecule has 0 spiro atoms. The molecule has 0 radical (unpaired) electrons. The molecular weight excluding hydrogens is 264 g/mol. The molecule has 2 saturated heterocycles. The van der Waals surface area contributed by atoms with E-state index in [1.165, 1.54) is 12.8 Å². The first-order valence-electron chi connectivity index (χ1n) is 7.47. The number of nitrogens with one attached hydrogen (secondary N) is 3. The van der Waals surface area contributed by atoms with Crippen LogP contribution in [0.5, 0.6) is 0 Å². The van der Waals surface area contributed by atoms with Crippen molar-refractivity contribution < 1.29 is 4.79 Å². The zero-order chi connectivity index (χ0) is 14.2. The number of amides is 1. The van der Waals surface area contributed by atoms with E-state index in [0.29, 0.717) is 17.8 Å². The van der Waals surface area contributed by atoms with E-state index in [0.717, 1.165) is 17.8 Å². The quantitative estimate of drug-likeness (QED) is 0.802. The summed E-state index contributed by atoms with van der Waals surface area (Å²) >= 11 is 0. The van der Waals surface area contributed by atoms with E-state index in [4.69, 9.17) is 0 Å². The lowest BCUT2D eigenvalue weighted by atomic mass is 9.95. The molecule has 4 rings (SSSR count). The number of H-pyrrole nitrogens is 1. The lowest BCUT2D eigenvalue weighted by molar-refractivity contribution is 0.0926. The van der Waals surface area contributed by atoms with Crippen LogP contribution in [0.4, 0.5) is 0 Å². The molecule has 2 aromatic heterocycles. The van der Waals surface area contributed by atoms with Gasteiger partial charge in [0.25, 0.3) is 5.91 Å². The number of hydrogen-bond acceptors (Lipinski definition) is 3. The number of carbonyl (C=O) groups excluding carboxylic acids is 1. The Kier molecular flexibility index (Phi) is 3.00. The van der Waals surface area contributed by atoms with Gasteiger partial charge in [0.2, 0.25) is 0 Å². The molecule has 0 aromatic carbocycles. The molecule has 4 heterocycles. The van der Waals surface area contributed by atoms with Crippen LogP contribution in [0, 0.1) is 0 Å². The van der Waals surface area contributed by atoms with E-state index in [2.05, 4.69) is 20.6 Å². The van der Waals surface area contributed by atoms with Crippen molar-refractivity contribution in [1.29, 1.82) is 0 Å². The molecule has 0 aliphatic carbocycles. The summed E-state index contributed by atoms with van der Waals surface area (Å²) in [6.07, 6.45) is 5.20. The zero-order valence-electron chi connectivity index (χ0n) is 11.7. The maximum Gasteiger partial charge on any atom is 0.267 e. The molecule has 21 heavy (non-hydrogen) atoms. The third-order valence-corrected chi connectivity index (χ3v) is 4.49. The van der Waals surface area contributed by atoms with Crippen molar-refractivity contribution in [3.63, 3.8) is 0 Å². The first kappa shape index (κ1) is 12.6. The van der Waals surface area contributed by atoms with Gasteiger partial charge in [0.15, 0.2) is 0 Å². The fourth-order valence-electron chi connectivity index (χ4n) is 3.43. The Morgan fingerprint density at radius 2 is 2.19 bits per heavy atom. The topological polar surface area (TPSA) is 69.8 Å². The number of aromatic nitrogens is 2. The van der Waals surface area contributed by atoms with Gasteiger partial charge in [0.05, 0.1) is 11.4 Å². The lowest BCUT2D eigenvalue weighted by Crippen LogP contribution is -2.43. The van der Waals surface area contributed by atoms with Crippen molar-refractivity contribution >= 4 is 5.91 Å². The molecular formula is C16H18N4O. The van der Waals surface area contributed by atoms with Crippen LogP contribution in [-0.2, 0) is 0 Å². The molecule has 2 aromatic rings. The molecule has 0 unspecified atom stereocenters. The largest absolute Gasteiger partial charge is 0.349 e. The second-order valence-corrected chi connectivity index (χ2v) is 5.86. The second-order valence-electron chi connectivity index (χ2n) is 5.86. The fourth-order valence-corrected chi connectivity index (χ4v) is 3.43. The van der Waals surface area contributed by atoms with Crippen LogP contribution in [0.2, 0.25) is 0 Å². The van der Waals surface area contributed by atoms with Gasteiger partial charge in [-0.05, 0) is 43.5 Å². The summed E-state index contributed by atoms with van der Waals surface area (Å²) in [5.41, 5.74) is 2.31. The highest BCUT2D eigenvalue weighted by Crippen LogP contribution is 2.28. The molecule has 5 nitrogen and oxygen atoms in total. The first-order chi connectivity index (χ1) is 10.3. The fraction of sp³-hybridized carbons (Fsp3) is 0.375. The Labute approximate surface area is 123 Å². The van der Waals surface area contributed by atoms with Crippen LogP contribution in [-0.4, -0.2) is 34.0 Å². The average molecular weight is 282 g/mol. The van der Waals surface area contributed by atoms with Gasteiger partial charge < -0.3 is 15.6 Å². The Bertz CT molecular complexity index is 651. The van der Waals surface area contributed by atoms with E-state index >= 15 is 0 Å². The van der Waals surface area contributed by atoms with Crippen molar-refractivity contribution in [3.05, 3.63) is 42.2 Å². The van der Waals surface area contributed by atoms with E-state index in [9.17, 15) is 4.79 Å². The van der Waals surface area contributed by atoms with Crippen molar-refractivity contribution in [2.45, 2.75) is 37.4 Å². The molecule has 3 N–H and O–H groups in total. The van der Waals surface area contributed by atoms with Gasteiger partial charge in [0, 0.05) is 24.3 Å². The summed E-state index contributed by atoms with van der Waals surface area (Å²) in [6.45, 7) is 0. The Morgan fingerprint density at radius 3 is 2.90 bits per heavy atom. The maximum absolute atomic E-state index is 12.3. The smallest absolute Gasteiger partial charge is 0.267 e. The van der Waals surface area contributed by atoms with Crippen molar-refractivity contribution in [2.24, 2.45) is 0 Å². The Morgan fingerprint density at radius 1 is 1.24 bits per heavy atom. The molecule has 2 bridgehead atoms. The predicted molar refractivity (Wildman–Crippen MR) is 79.8 cm³/mol. The number of hydrogen-bond donors (Lipinski definition) is 3. The second kappa shape index (κ2) is 5.00. The van der Waals surface area contributed by atoms with E-state index in [1.54, 1.807) is 6.20 Å². The van der Waals surface area contributed by atoms with Crippen LogP contribution in [0.3, 0.4) is 0 Å². The predicted octanol–water partition coefficient (Wildman–Crippen LogP) is 1.70. The SMILES string of the molecule is O=C(N[C@@H]1C[C@H]2CC[C@@H]1N2)c1ccc(-c2ccccn2)[nH]1. The summed E-state index contributed by atoms with van der Waals surface area (Å²) in [6, 6.07) is 10.8. The van der Waals surface area contributed by atoms with Gasteiger partial charge in [-0.15, -0.1) is 0 Å². The molecule has 1 amide bonds. The van der Waals surface area contributed by atoms with Gasteiger partial charge in [-0.25, -0.2) is 0 Å². The average Bonchev–Trinajstić information content (AvgIpc) is 3.24. The monoisotopic (exact) mass is 282 g/mol. The van der Waals surface area contributed by atoms with Crippen LogP contribution in [0.15, 0.2) is 36.5 Å². The maximum atomic E-state index is 12.3. The number of rotatable bonds is 3. The third kappa shape index (κ3) is 2.34. The molecule has 2 fully saturated rings. The van der Waals surface area contributed by atoms with Crippen LogP contribution in [0.1, 0.15) is 29.8 Å². The highest BCUT2D eigenvalue weighted by molar-refractivity contribution is 5.93. The molecule has 0 saturated carbocycles. The third-order valence-electron chi connectivity index (χ3n) is 4.49. The number of pyridine rings is 1. The Hall–Kier alpha value is -2.14. The van der Waals surface area contributed by atoms with Crippen LogP contribution in [0.25, 0.3) is 11.4 Å². The minimum Gasteiger partial charge on any atom is -0.349 e. The van der Waals surface area contributed by atoms with Gasteiger partial charge in [-0.2, -0.15) is 0 Å². The van der Waals surface area contributed by atoms with Crippen molar-refractivity contribution in [3.8, 4) is 11.4 Å². The number of aromatic amines is 1. The van der Waals surface area contributed by atoms with Crippen molar-refractivity contribution in [1.82, 2.24) is 20.6 Å². The Balaban J connectivity index is 1.47. The number of fused-ring (bicyclic) bond motifs is 2. The molecule has 2 aliphatic heterocycles. The van der Waals surface area contributed by atoms with E-state index in [-0.39, 0.29) is 11.9 Å². The summed E-state index contributed by atoms with van der Waals surface area (Å²) in [7, 11) is 0. The van der Waals surface area contributed by atoms with Crippen LogP contribution < -0.4 is 10.6 Å². The molecule has 5 heteroatoms. The summed E-state index contributed by atoms with van der Waals surface area (Å²) in [5.74, 6) is -0.0310. The van der Waals surface area contributed by atoms with Gasteiger partial charge in [-0.3, -0.25) is 9.78 Å². The van der Waals surface area contributed by atoms with Crippen LogP contribution >= 0.6 is 0 Å². The minimum absolute atomic E-state index is 0.0310. The van der Waals surface area contributed by atoms with E-state index in [1.807, 2.05) is 30.3 Å². The first-order valence-corrected chi connectivity index (χ1v) is 7.47. The van der Waals surface area contributed by atoms with Crippen molar-refractivity contribution in [2.75, 3.05) is 0 Å². The minimum atomic E-state index is -0.0310.